The quantitative estimate of drug-likeness (QED) is 0.454. The van der Waals surface area contributed by atoms with Gasteiger partial charge in [-0.15, -0.1) is 0 Å². The van der Waals surface area contributed by atoms with E-state index in [4.69, 9.17) is 0 Å². The molecule has 1 fully saturated rings. The number of aliphatic imine (C=N–C) groups is 1. The molecule has 5 rings (SSSR count). The third-order valence-corrected chi connectivity index (χ3v) is 6.78. The monoisotopic (exact) mass is 552 g/mol. The van der Waals surface area contributed by atoms with Crippen molar-refractivity contribution in [2.45, 2.75) is 26.2 Å². The number of anilines is 2. The molecule has 0 radical (unpaired) electrons. The highest BCUT2D eigenvalue weighted by atomic mass is 19.4. The van der Waals surface area contributed by atoms with E-state index in [0.717, 1.165) is 23.3 Å². The summed E-state index contributed by atoms with van der Waals surface area (Å²) in [6.07, 6.45) is -0.256. The molecule has 13 heteroatoms. The minimum absolute atomic E-state index is 0.154. The zero-order valence-electron chi connectivity index (χ0n) is 22.2. The zero-order valence-corrected chi connectivity index (χ0v) is 22.2. The number of likely N-dealkylation sites (N-methyl/N-ethyl adjacent to an activating group) is 1. The van der Waals surface area contributed by atoms with Gasteiger partial charge in [0.25, 0.3) is 5.91 Å². The first kappa shape index (κ1) is 26.8. The summed E-state index contributed by atoms with van der Waals surface area (Å²) in [5.74, 6) is -0.181. The van der Waals surface area contributed by atoms with Crippen LogP contribution in [0.25, 0.3) is 5.69 Å². The van der Waals surface area contributed by atoms with E-state index in [1.54, 1.807) is 61.4 Å². The van der Waals surface area contributed by atoms with E-state index < -0.39 is 17.6 Å². The molecule has 1 unspecified atom stereocenters. The number of hydrogen-bond acceptors (Lipinski definition) is 4. The summed E-state index contributed by atoms with van der Waals surface area (Å²) in [6.45, 7) is 3.83. The molecule has 2 aromatic carbocycles. The van der Waals surface area contributed by atoms with Crippen LogP contribution >= 0.6 is 0 Å². The molecule has 1 aromatic heterocycles. The standard InChI is InChI=1S/C27H27F3N8O2/c1-15-5-6-20(10-22(15)38-13-18-11-32-25(31-3)35-23(18)36(4)26(38)40)34-24(39)17-7-19(27(28,29)30)9-21(8-17)37-12-16(2)33-14-37/h5-12,14,23H,13H2,1-4H3,(H,34,39)(H2,31,32,35). The van der Waals surface area contributed by atoms with Gasteiger partial charge < -0.3 is 25.4 Å². The second kappa shape index (κ2) is 10.1. The van der Waals surface area contributed by atoms with E-state index in [9.17, 15) is 22.8 Å². The van der Waals surface area contributed by atoms with Gasteiger partial charge in [0, 0.05) is 49.0 Å². The molecule has 3 heterocycles. The molecule has 0 saturated carbocycles. The van der Waals surface area contributed by atoms with E-state index in [2.05, 4.69) is 25.9 Å². The smallest absolute Gasteiger partial charge is 0.333 e. The number of alkyl halides is 3. The van der Waals surface area contributed by atoms with Crippen LogP contribution in [0, 0.1) is 13.8 Å². The molecule has 40 heavy (non-hydrogen) atoms. The highest BCUT2D eigenvalue weighted by Crippen LogP contribution is 2.33. The second-order valence-corrected chi connectivity index (χ2v) is 9.61. The van der Waals surface area contributed by atoms with E-state index in [1.165, 1.54) is 17.0 Å². The maximum Gasteiger partial charge on any atom is 0.416 e. The number of hydrogen-bond donors (Lipinski definition) is 3. The largest absolute Gasteiger partial charge is 0.416 e. The van der Waals surface area contributed by atoms with Crippen LogP contribution in [-0.4, -0.2) is 59.2 Å². The highest BCUT2D eigenvalue weighted by molar-refractivity contribution is 6.05. The number of aryl methyl sites for hydroxylation is 2. The molecule has 1 saturated heterocycles. The van der Waals surface area contributed by atoms with Gasteiger partial charge in [0.15, 0.2) is 5.96 Å². The highest BCUT2D eigenvalue weighted by Gasteiger charge is 2.38. The maximum atomic E-state index is 13.7. The number of imidazole rings is 1. The summed E-state index contributed by atoms with van der Waals surface area (Å²) >= 11 is 0. The summed E-state index contributed by atoms with van der Waals surface area (Å²) in [6, 6.07) is 7.89. The molecule has 0 spiro atoms. The number of carbonyl (C=O) groups excluding carboxylic acids is 2. The third-order valence-electron chi connectivity index (χ3n) is 6.78. The van der Waals surface area contributed by atoms with Gasteiger partial charge in [0.1, 0.15) is 6.17 Å². The average molecular weight is 553 g/mol. The van der Waals surface area contributed by atoms with E-state index in [0.29, 0.717) is 23.0 Å². The molecule has 0 bridgehead atoms. The summed E-state index contributed by atoms with van der Waals surface area (Å²) in [4.78, 5) is 37.8. The first-order chi connectivity index (χ1) is 18.9. The molecule has 3 N–H and O–H groups in total. The van der Waals surface area contributed by atoms with Gasteiger partial charge in [-0.05, 0) is 49.7 Å². The van der Waals surface area contributed by atoms with Gasteiger partial charge in [-0.25, -0.2) is 9.78 Å². The molecule has 3 amide bonds. The van der Waals surface area contributed by atoms with Gasteiger partial charge in [-0.2, -0.15) is 13.2 Å². The summed E-state index contributed by atoms with van der Waals surface area (Å²) < 4.78 is 42.4. The molecule has 2 aliphatic rings. The Bertz CT molecular complexity index is 1560. The first-order valence-electron chi connectivity index (χ1n) is 12.3. The van der Waals surface area contributed by atoms with Crippen molar-refractivity contribution in [1.29, 1.82) is 0 Å². The van der Waals surface area contributed by atoms with Crippen LogP contribution in [0.1, 0.15) is 27.2 Å². The molecule has 0 aliphatic carbocycles. The van der Waals surface area contributed by atoms with Crippen molar-refractivity contribution in [3.05, 3.63) is 83.1 Å². The van der Waals surface area contributed by atoms with Crippen LogP contribution in [-0.2, 0) is 6.18 Å². The molecular weight excluding hydrogens is 525 g/mol. The van der Waals surface area contributed by atoms with Gasteiger partial charge in [0.05, 0.1) is 29.8 Å². The van der Waals surface area contributed by atoms with Gasteiger partial charge in [-0.3, -0.25) is 14.7 Å². The number of nitrogens with zero attached hydrogens (tertiary/aromatic N) is 5. The number of urea groups is 1. The number of amides is 3. The minimum atomic E-state index is -4.66. The Kier molecular flexibility index (Phi) is 6.74. The number of nitrogens with one attached hydrogen (secondary N) is 3. The van der Waals surface area contributed by atoms with Gasteiger partial charge in [0.2, 0.25) is 0 Å². The molecule has 2 aliphatic heterocycles. The molecular formula is C27H27F3N8O2. The van der Waals surface area contributed by atoms with E-state index >= 15 is 0 Å². The van der Waals surface area contributed by atoms with Crippen molar-refractivity contribution in [2.24, 2.45) is 4.99 Å². The first-order valence-corrected chi connectivity index (χ1v) is 12.3. The molecule has 3 aromatic rings. The van der Waals surface area contributed by atoms with Crippen molar-refractivity contribution in [1.82, 2.24) is 25.1 Å². The summed E-state index contributed by atoms with van der Waals surface area (Å²) in [7, 11) is 3.31. The SMILES string of the molecule is CN=C1NC=C2CN(c3cc(NC(=O)c4cc(-n5cnc(C)c5)cc(C(F)(F)F)c4)ccc3C)C(=O)N(C)C2N1. The minimum Gasteiger partial charge on any atom is -0.333 e. The van der Waals surface area contributed by atoms with Crippen molar-refractivity contribution in [2.75, 3.05) is 30.9 Å². The second-order valence-electron chi connectivity index (χ2n) is 9.61. The Balaban J connectivity index is 1.44. The van der Waals surface area contributed by atoms with Gasteiger partial charge in [-0.1, -0.05) is 6.07 Å². The van der Waals surface area contributed by atoms with Crippen LogP contribution < -0.4 is 20.9 Å². The summed E-state index contributed by atoms with van der Waals surface area (Å²) in [5, 5.41) is 8.90. The van der Waals surface area contributed by atoms with Crippen molar-refractivity contribution < 1.29 is 22.8 Å². The van der Waals surface area contributed by atoms with Crippen molar-refractivity contribution in [3.8, 4) is 5.69 Å². The van der Waals surface area contributed by atoms with Gasteiger partial charge >= 0.3 is 12.2 Å². The molecule has 10 nitrogen and oxygen atoms in total. The number of halogens is 3. The Hall–Kier alpha value is -4.81. The number of carbonyl (C=O) groups is 2. The average Bonchev–Trinajstić information content (AvgIpc) is 3.37. The Labute approximate surface area is 228 Å². The van der Waals surface area contributed by atoms with Crippen LogP contribution in [0.5, 0.6) is 0 Å². The third kappa shape index (κ3) is 5.09. The maximum absolute atomic E-state index is 13.7. The fourth-order valence-corrected chi connectivity index (χ4v) is 4.65. The lowest BCUT2D eigenvalue weighted by molar-refractivity contribution is -0.137. The summed E-state index contributed by atoms with van der Waals surface area (Å²) in [5.41, 5.74) is 2.21. The number of benzene rings is 2. The number of guanidine groups is 1. The lowest BCUT2D eigenvalue weighted by atomic mass is 10.1. The number of rotatable bonds is 4. The Morgan fingerprint density at radius 2 is 1.95 bits per heavy atom. The van der Waals surface area contributed by atoms with Crippen LogP contribution in [0.2, 0.25) is 0 Å². The molecule has 208 valence electrons. The number of aromatic nitrogens is 2. The van der Waals surface area contributed by atoms with Crippen LogP contribution in [0.3, 0.4) is 0 Å². The fraction of sp³-hybridized carbons (Fsp3) is 0.259. The Morgan fingerprint density at radius 1 is 1.18 bits per heavy atom. The normalized spacial score (nSPS) is 18.2. The Morgan fingerprint density at radius 3 is 2.62 bits per heavy atom. The number of fused-ring (bicyclic) bond motifs is 1. The van der Waals surface area contributed by atoms with Crippen molar-refractivity contribution in [3.63, 3.8) is 0 Å². The lowest BCUT2D eigenvalue weighted by Crippen LogP contribution is -2.63. The predicted molar refractivity (Wildman–Crippen MR) is 144 cm³/mol. The lowest BCUT2D eigenvalue weighted by Gasteiger charge is -2.43. The zero-order chi connectivity index (χ0) is 28.8. The van der Waals surface area contributed by atoms with Crippen LogP contribution in [0.4, 0.5) is 29.3 Å². The topological polar surface area (TPSA) is 107 Å². The van der Waals surface area contributed by atoms with Crippen LogP contribution in [0.15, 0.2) is 65.7 Å². The molecule has 1 atom stereocenters. The van der Waals surface area contributed by atoms with Crippen molar-refractivity contribution >= 4 is 29.3 Å². The predicted octanol–water partition coefficient (Wildman–Crippen LogP) is 4.02. The van der Waals surface area contributed by atoms with E-state index in [1.807, 2.05) is 6.92 Å². The fourth-order valence-electron chi connectivity index (χ4n) is 4.65. The van der Waals surface area contributed by atoms with E-state index in [-0.39, 0.29) is 30.0 Å².